The molecule has 2 aromatic carbocycles. The van der Waals surface area contributed by atoms with Crippen LogP contribution in [0.4, 0.5) is 4.79 Å². The predicted molar refractivity (Wildman–Crippen MR) is 139 cm³/mol. The van der Waals surface area contributed by atoms with Gasteiger partial charge in [-0.05, 0) is 37.9 Å². The summed E-state index contributed by atoms with van der Waals surface area (Å²) < 4.78 is 19.5. The van der Waals surface area contributed by atoms with E-state index in [1.165, 1.54) is 0 Å². The number of hydrogen-bond donors (Lipinski definition) is 0. The van der Waals surface area contributed by atoms with Gasteiger partial charge in [-0.15, -0.1) is 6.58 Å². The van der Waals surface area contributed by atoms with E-state index in [1.807, 2.05) is 62.1 Å². The third kappa shape index (κ3) is 5.80. The first kappa shape index (κ1) is 26.2. The van der Waals surface area contributed by atoms with Crippen molar-refractivity contribution < 1.29 is 18.4 Å². The van der Waals surface area contributed by atoms with Gasteiger partial charge in [-0.2, -0.15) is 0 Å². The Morgan fingerprint density at radius 1 is 1.03 bits per heavy atom. The maximum atomic E-state index is 13.2. The quantitative estimate of drug-likeness (QED) is 0.354. The van der Waals surface area contributed by atoms with E-state index in [2.05, 4.69) is 51.6 Å². The smallest absolute Gasteiger partial charge is 0.410 e. The number of hydrogen-bond acceptors (Lipinski definition) is 4. The van der Waals surface area contributed by atoms with Crippen molar-refractivity contribution >= 4 is 19.8 Å². The summed E-state index contributed by atoms with van der Waals surface area (Å²) in [6.07, 6.45) is 1.93. The Morgan fingerprint density at radius 3 is 2.15 bits per heavy atom. The predicted octanol–water partition coefficient (Wildman–Crippen LogP) is 6.11. The summed E-state index contributed by atoms with van der Waals surface area (Å²) in [5.41, 5.74) is 0.461. The van der Waals surface area contributed by atoms with Gasteiger partial charge in [-0.1, -0.05) is 87.5 Å². The van der Waals surface area contributed by atoms with Crippen molar-refractivity contribution in [3.05, 3.63) is 78.9 Å². The number of amides is 1. The topological polar surface area (TPSA) is 48.0 Å². The first-order valence-corrected chi connectivity index (χ1v) is 13.8. The van der Waals surface area contributed by atoms with Gasteiger partial charge in [0.1, 0.15) is 5.60 Å². The van der Waals surface area contributed by atoms with Gasteiger partial charge < -0.3 is 13.6 Å². The van der Waals surface area contributed by atoms with E-state index < -0.39 is 14.2 Å². The first-order valence-electron chi connectivity index (χ1n) is 12.0. The van der Waals surface area contributed by atoms with E-state index >= 15 is 0 Å². The SMILES string of the molecule is C=CCO[Si@](O[C@H]1CCN(C(=O)OC(C)(C)C)[C@H]1c1ccccc1)(c1ccccc1)C(C)(C)C. The van der Waals surface area contributed by atoms with Crippen LogP contribution in [0.3, 0.4) is 0 Å². The molecule has 0 aliphatic carbocycles. The van der Waals surface area contributed by atoms with E-state index in [-0.39, 0.29) is 23.3 Å². The highest BCUT2D eigenvalue weighted by Gasteiger charge is 2.55. The number of carbonyl (C=O) groups excluding carboxylic acids is 1. The van der Waals surface area contributed by atoms with Crippen molar-refractivity contribution in [3.63, 3.8) is 0 Å². The molecule has 3 rings (SSSR count). The van der Waals surface area contributed by atoms with Crippen LogP contribution in [0.1, 0.15) is 59.6 Å². The van der Waals surface area contributed by atoms with Crippen LogP contribution in [0.25, 0.3) is 0 Å². The largest absolute Gasteiger partial charge is 0.444 e. The summed E-state index contributed by atoms with van der Waals surface area (Å²) in [6, 6.07) is 20.1. The van der Waals surface area contributed by atoms with Crippen LogP contribution in [0.2, 0.25) is 5.04 Å². The van der Waals surface area contributed by atoms with Crippen molar-refractivity contribution in [2.75, 3.05) is 13.2 Å². The third-order valence-electron chi connectivity index (χ3n) is 5.97. The Hall–Kier alpha value is -2.41. The maximum absolute atomic E-state index is 13.2. The molecular weight excluding hydrogens is 442 g/mol. The van der Waals surface area contributed by atoms with Gasteiger partial charge in [0.15, 0.2) is 0 Å². The minimum absolute atomic E-state index is 0.231. The van der Waals surface area contributed by atoms with Crippen molar-refractivity contribution in [2.45, 2.75) is 70.7 Å². The van der Waals surface area contributed by atoms with Crippen LogP contribution in [-0.2, 0) is 13.6 Å². The molecule has 3 atom stereocenters. The molecule has 2 aromatic rings. The molecule has 34 heavy (non-hydrogen) atoms. The van der Waals surface area contributed by atoms with Gasteiger partial charge in [0.05, 0.1) is 18.8 Å². The fourth-order valence-electron chi connectivity index (χ4n) is 4.52. The van der Waals surface area contributed by atoms with Crippen molar-refractivity contribution in [1.29, 1.82) is 0 Å². The van der Waals surface area contributed by atoms with E-state index in [0.717, 1.165) is 10.8 Å². The Morgan fingerprint density at radius 2 is 1.62 bits per heavy atom. The second kappa shape index (κ2) is 10.5. The zero-order valence-electron chi connectivity index (χ0n) is 21.4. The van der Waals surface area contributed by atoms with Crippen LogP contribution in [-0.4, -0.2) is 44.4 Å². The standard InChI is InChI=1S/C28H39NO4Si/c1-8-21-31-34(28(5,6)7,23-17-13-10-14-18-23)33-24-19-20-29(26(30)32-27(2,3)4)25(24)22-15-11-9-12-16-22/h8-18,24-25H,1,19-21H2,2-7H3/t24-,25-,34-/m0/s1. The Balaban J connectivity index is 2.05. The zero-order valence-corrected chi connectivity index (χ0v) is 22.4. The molecule has 0 N–H and O–H groups in total. The van der Waals surface area contributed by atoms with Crippen LogP contribution < -0.4 is 5.19 Å². The molecule has 1 heterocycles. The summed E-state index contributed by atoms with van der Waals surface area (Å²) in [5.74, 6) is 0. The van der Waals surface area contributed by atoms with Crippen LogP contribution in [0.15, 0.2) is 73.3 Å². The van der Waals surface area contributed by atoms with Crippen LogP contribution in [0.5, 0.6) is 0 Å². The molecular formula is C28H39NO4Si. The minimum atomic E-state index is -3.00. The summed E-state index contributed by atoms with van der Waals surface area (Å²) in [5, 5.41) is 0.810. The van der Waals surface area contributed by atoms with E-state index in [4.69, 9.17) is 13.6 Å². The highest BCUT2D eigenvalue weighted by atomic mass is 28.4. The second-order valence-corrected chi connectivity index (χ2v) is 14.6. The maximum Gasteiger partial charge on any atom is 0.410 e. The molecule has 5 nitrogen and oxygen atoms in total. The number of rotatable bonds is 7. The fourth-order valence-corrected chi connectivity index (χ4v) is 8.20. The molecule has 0 spiro atoms. The molecule has 0 unspecified atom stereocenters. The number of carbonyl (C=O) groups is 1. The Bertz CT molecular complexity index is 952. The summed E-state index contributed by atoms with van der Waals surface area (Å²) in [6.45, 7) is 17.0. The molecule has 6 heteroatoms. The van der Waals surface area contributed by atoms with Gasteiger partial charge in [0.2, 0.25) is 0 Å². The average molecular weight is 482 g/mol. The second-order valence-electron chi connectivity index (χ2n) is 10.8. The van der Waals surface area contributed by atoms with Gasteiger partial charge in [0.25, 0.3) is 0 Å². The van der Waals surface area contributed by atoms with Gasteiger partial charge >= 0.3 is 14.7 Å². The average Bonchev–Trinajstić information content (AvgIpc) is 3.19. The lowest BCUT2D eigenvalue weighted by molar-refractivity contribution is 0.0135. The van der Waals surface area contributed by atoms with E-state index in [1.54, 1.807) is 6.08 Å². The molecule has 0 radical (unpaired) electrons. The molecule has 184 valence electrons. The lowest BCUT2D eigenvalue weighted by atomic mass is 10.0. The van der Waals surface area contributed by atoms with Gasteiger partial charge in [0, 0.05) is 11.6 Å². The van der Waals surface area contributed by atoms with Crippen LogP contribution >= 0.6 is 0 Å². The monoisotopic (exact) mass is 481 g/mol. The summed E-state index contributed by atoms with van der Waals surface area (Å²) >= 11 is 0. The normalized spacial score (nSPS) is 20.6. The van der Waals surface area contributed by atoms with E-state index in [9.17, 15) is 4.79 Å². The minimum Gasteiger partial charge on any atom is -0.444 e. The summed E-state index contributed by atoms with van der Waals surface area (Å²) in [4.78, 5) is 15.0. The molecule has 1 aliphatic heterocycles. The number of benzene rings is 2. The molecule has 0 aromatic heterocycles. The Kier molecular flexibility index (Phi) is 8.06. The highest BCUT2D eigenvalue weighted by molar-refractivity contribution is 6.83. The molecule has 1 saturated heterocycles. The molecule has 1 amide bonds. The zero-order chi connectivity index (χ0) is 25.0. The summed E-state index contributed by atoms with van der Waals surface area (Å²) in [7, 11) is -3.00. The van der Waals surface area contributed by atoms with Crippen LogP contribution in [0, 0.1) is 0 Å². The van der Waals surface area contributed by atoms with E-state index in [0.29, 0.717) is 19.6 Å². The lowest BCUT2D eigenvalue weighted by Crippen LogP contribution is -2.62. The highest BCUT2D eigenvalue weighted by Crippen LogP contribution is 2.43. The third-order valence-corrected chi connectivity index (χ3v) is 10.3. The molecule has 1 aliphatic rings. The van der Waals surface area contributed by atoms with Crippen molar-refractivity contribution in [1.82, 2.24) is 4.90 Å². The fraction of sp³-hybridized carbons (Fsp3) is 0.464. The Labute approximate surface area is 206 Å². The first-order chi connectivity index (χ1) is 16.0. The lowest BCUT2D eigenvalue weighted by Gasteiger charge is -2.44. The number of nitrogens with zero attached hydrogens (tertiary/aromatic N) is 1. The van der Waals surface area contributed by atoms with Crippen molar-refractivity contribution in [3.8, 4) is 0 Å². The number of ether oxygens (including phenoxy) is 1. The molecule has 0 saturated carbocycles. The van der Waals surface area contributed by atoms with Gasteiger partial charge in [-0.25, -0.2) is 4.79 Å². The molecule has 1 fully saturated rings. The molecule has 0 bridgehead atoms. The number of likely N-dealkylation sites (tertiary alicyclic amines) is 1. The van der Waals surface area contributed by atoms with Gasteiger partial charge in [-0.3, -0.25) is 4.90 Å². The van der Waals surface area contributed by atoms with Crippen molar-refractivity contribution in [2.24, 2.45) is 0 Å².